The molecule has 1 N–H and O–H groups in total. The van der Waals surface area contributed by atoms with E-state index in [0.29, 0.717) is 6.61 Å². The summed E-state index contributed by atoms with van der Waals surface area (Å²) in [6.45, 7) is 0.763. The molecule has 46 valence electrons. The highest BCUT2D eigenvalue weighted by molar-refractivity contribution is 5.57. The van der Waals surface area contributed by atoms with E-state index in [1.54, 1.807) is 6.21 Å². The van der Waals surface area contributed by atoms with Gasteiger partial charge in [-0.05, 0) is 6.42 Å². The van der Waals surface area contributed by atoms with Crippen molar-refractivity contribution in [1.82, 2.24) is 0 Å². The van der Waals surface area contributed by atoms with E-state index in [9.17, 15) is 0 Å². The van der Waals surface area contributed by atoms with Crippen LogP contribution in [0.3, 0.4) is 0 Å². The number of hydrogen-bond donors (Lipinski definition) is 1. The standard InChI is InChI=1S/C5H9NO2/c7-3-5-1-2-6-8-4-5/h2,5,7H,1,3-4H2. The number of oxime groups is 1. The first-order valence-corrected chi connectivity index (χ1v) is 2.68. The van der Waals surface area contributed by atoms with E-state index in [2.05, 4.69) is 9.99 Å². The molecule has 3 nitrogen and oxygen atoms in total. The van der Waals surface area contributed by atoms with E-state index in [-0.39, 0.29) is 12.5 Å². The van der Waals surface area contributed by atoms with Gasteiger partial charge in [0, 0.05) is 18.7 Å². The van der Waals surface area contributed by atoms with Crippen molar-refractivity contribution < 1.29 is 9.94 Å². The third-order valence-corrected chi connectivity index (χ3v) is 1.16. The molecule has 0 amide bonds. The van der Waals surface area contributed by atoms with Crippen molar-refractivity contribution in [1.29, 1.82) is 0 Å². The highest BCUT2D eigenvalue weighted by atomic mass is 16.6. The van der Waals surface area contributed by atoms with E-state index >= 15 is 0 Å². The molecule has 1 atom stereocenters. The lowest BCUT2D eigenvalue weighted by Gasteiger charge is -2.12. The summed E-state index contributed by atoms with van der Waals surface area (Å²) >= 11 is 0. The maximum Gasteiger partial charge on any atom is 0.122 e. The third kappa shape index (κ3) is 1.20. The molecule has 1 rings (SSSR count). The number of nitrogens with zero attached hydrogens (tertiary/aromatic N) is 1. The third-order valence-electron chi connectivity index (χ3n) is 1.16. The molecule has 0 aliphatic carbocycles. The zero-order valence-electron chi connectivity index (χ0n) is 4.58. The summed E-state index contributed by atoms with van der Waals surface area (Å²) in [5.74, 6) is 0.271. The molecule has 1 unspecified atom stereocenters. The van der Waals surface area contributed by atoms with Crippen LogP contribution in [0.1, 0.15) is 6.42 Å². The Morgan fingerprint density at radius 2 is 2.75 bits per heavy atom. The lowest BCUT2D eigenvalue weighted by atomic mass is 10.1. The first-order valence-electron chi connectivity index (χ1n) is 2.68. The van der Waals surface area contributed by atoms with E-state index in [4.69, 9.17) is 5.11 Å². The molecule has 0 radical (unpaired) electrons. The highest BCUT2D eigenvalue weighted by Crippen LogP contribution is 2.04. The van der Waals surface area contributed by atoms with Crippen LogP contribution >= 0.6 is 0 Å². The average molecular weight is 115 g/mol. The van der Waals surface area contributed by atoms with Gasteiger partial charge in [0.05, 0.1) is 0 Å². The van der Waals surface area contributed by atoms with Gasteiger partial charge in [0.1, 0.15) is 6.61 Å². The van der Waals surface area contributed by atoms with Crippen LogP contribution in [0, 0.1) is 5.92 Å². The largest absolute Gasteiger partial charge is 0.396 e. The van der Waals surface area contributed by atoms with Gasteiger partial charge in [0.25, 0.3) is 0 Å². The van der Waals surface area contributed by atoms with Crippen molar-refractivity contribution in [3.63, 3.8) is 0 Å². The number of rotatable bonds is 1. The van der Waals surface area contributed by atoms with Crippen LogP contribution in [0.2, 0.25) is 0 Å². The first kappa shape index (κ1) is 5.56. The first-order chi connectivity index (χ1) is 3.93. The minimum Gasteiger partial charge on any atom is -0.396 e. The maximum absolute atomic E-state index is 8.55. The fourth-order valence-corrected chi connectivity index (χ4v) is 0.589. The van der Waals surface area contributed by atoms with Gasteiger partial charge < -0.3 is 9.94 Å². The van der Waals surface area contributed by atoms with Crippen LogP contribution in [0.25, 0.3) is 0 Å². The van der Waals surface area contributed by atoms with E-state index < -0.39 is 0 Å². The molecular formula is C5H9NO2. The van der Waals surface area contributed by atoms with Crippen LogP contribution < -0.4 is 0 Å². The van der Waals surface area contributed by atoms with Gasteiger partial charge in [-0.15, -0.1) is 0 Å². The SMILES string of the molecule is OCC1CC=NOC1. The quantitative estimate of drug-likeness (QED) is 0.522. The van der Waals surface area contributed by atoms with Gasteiger partial charge in [-0.3, -0.25) is 0 Å². The summed E-state index contributed by atoms with van der Waals surface area (Å²) < 4.78 is 0. The van der Waals surface area contributed by atoms with E-state index in [1.165, 1.54) is 0 Å². The molecule has 0 aromatic rings. The Morgan fingerprint density at radius 1 is 1.88 bits per heavy atom. The molecule has 0 aromatic heterocycles. The predicted molar refractivity (Wildman–Crippen MR) is 29.6 cm³/mol. The molecule has 1 aliphatic heterocycles. The molecule has 0 aromatic carbocycles. The fourth-order valence-electron chi connectivity index (χ4n) is 0.589. The summed E-state index contributed by atoms with van der Waals surface area (Å²) in [6.07, 6.45) is 2.53. The van der Waals surface area contributed by atoms with Crippen molar-refractivity contribution >= 4 is 6.21 Å². The van der Waals surface area contributed by atoms with Crippen LogP contribution in [-0.4, -0.2) is 24.5 Å². The van der Waals surface area contributed by atoms with E-state index in [0.717, 1.165) is 6.42 Å². The second-order valence-electron chi connectivity index (χ2n) is 1.87. The van der Waals surface area contributed by atoms with Gasteiger partial charge in [0.2, 0.25) is 0 Å². The van der Waals surface area contributed by atoms with Gasteiger partial charge in [-0.1, -0.05) is 5.16 Å². The molecule has 0 bridgehead atoms. The van der Waals surface area contributed by atoms with Crippen molar-refractivity contribution in [2.45, 2.75) is 6.42 Å². The number of aliphatic hydroxyl groups is 1. The number of hydrogen-bond acceptors (Lipinski definition) is 3. The van der Waals surface area contributed by atoms with Gasteiger partial charge in [-0.2, -0.15) is 0 Å². The Hall–Kier alpha value is -0.570. The normalized spacial score (nSPS) is 27.4. The Bertz CT molecular complexity index is 92.4. The Morgan fingerprint density at radius 3 is 3.12 bits per heavy atom. The molecule has 0 fully saturated rings. The summed E-state index contributed by atoms with van der Waals surface area (Å²) in [4.78, 5) is 4.68. The highest BCUT2D eigenvalue weighted by Gasteiger charge is 2.08. The molecule has 0 saturated heterocycles. The molecule has 8 heavy (non-hydrogen) atoms. The Kier molecular flexibility index (Phi) is 1.86. The van der Waals surface area contributed by atoms with Crippen LogP contribution in [0.5, 0.6) is 0 Å². The van der Waals surface area contributed by atoms with Crippen molar-refractivity contribution in [3.05, 3.63) is 0 Å². The molecule has 1 heterocycles. The van der Waals surface area contributed by atoms with Gasteiger partial charge in [-0.25, -0.2) is 0 Å². The van der Waals surface area contributed by atoms with Crippen LogP contribution in [0.4, 0.5) is 0 Å². The summed E-state index contributed by atoms with van der Waals surface area (Å²) in [7, 11) is 0. The van der Waals surface area contributed by atoms with Gasteiger partial charge in [0.15, 0.2) is 0 Å². The van der Waals surface area contributed by atoms with Crippen LogP contribution in [0.15, 0.2) is 5.16 Å². The lowest BCUT2D eigenvalue weighted by Crippen LogP contribution is -2.16. The number of aliphatic hydroxyl groups excluding tert-OH is 1. The Balaban J connectivity index is 2.27. The molecular weight excluding hydrogens is 106 g/mol. The van der Waals surface area contributed by atoms with E-state index in [1.807, 2.05) is 0 Å². The molecule has 0 spiro atoms. The average Bonchev–Trinajstić information content (AvgIpc) is 1.90. The van der Waals surface area contributed by atoms with Gasteiger partial charge >= 0.3 is 0 Å². The fraction of sp³-hybridized carbons (Fsp3) is 0.800. The topological polar surface area (TPSA) is 41.8 Å². The monoisotopic (exact) mass is 115 g/mol. The van der Waals surface area contributed by atoms with Crippen molar-refractivity contribution in [3.8, 4) is 0 Å². The maximum atomic E-state index is 8.55. The lowest BCUT2D eigenvalue weighted by molar-refractivity contribution is 0.0693. The summed E-state index contributed by atoms with van der Waals surface area (Å²) in [5, 5.41) is 12.1. The molecule has 1 aliphatic rings. The zero-order chi connectivity index (χ0) is 5.82. The molecule has 0 saturated carbocycles. The second kappa shape index (κ2) is 2.67. The minimum absolute atomic E-state index is 0.200. The predicted octanol–water partition coefficient (Wildman–Crippen LogP) is 0.001000. The smallest absolute Gasteiger partial charge is 0.122 e. The summed E-state index contributed by atoms with van der Waals surface area (Å²) in [6, 6.07) is 0. The summed E-state index contributed by atoms with van der Waals surface area (Å²) in [5.41, 5.74) is 0. The zero-order valence-corrected chi connectivity index (χ0v) is 4.58. The van der Waals surface area contributed by atoms with Crippen molar-refractivity contribution in [2.75, 3.05) is 13.2 Å². The van der Waals surface area contributed by atoms with Crippen molar-refractivity contribution in [2.24, 2.45) is 11.1 Å². The Labute approximate surface area is 48.0 Å². The minimum atomic E-state index is 0.200. The second-order valence-corrected chi connectivity index (χ2v) is 1.87. The molecule has 3 heteroatoms. The van der Waals surface area contributed by atoms with Crippen LogP contribution in [-0.2, 0) is 4.84 Å².